The van der Waals surface area contributed by atoms with Crippen molar-refractivity contribution in [2.45, 2.75) is 12.5 Å². The second-order valence-corrected chi connectivity index (χ2v) is 5.45. The number of methoxy groups -OCH3 is 1. The highest BCUT2D eigenvalue weighted by Gasteiger charge is 2.20. The molecule has 0 spiro atoms. The normalized spacial score (nSPS) is 14.6. The Morgan fingerprint density at radius 3 is 2.48 bits per heavy atom. The summed E-state index contributed by atoms with van der Waals surface area (Å²) in [4.78, 5) is 31.1. The quantitative estimate of drug-likeness (QED) is 0.575. The van der Waals surface area contributed by atoms with E-state index in [1.165, 1.54) is 19.2 Å². The molecule has 2 N–H and O–H groups in total. The van der Waals surface area contributed by atoms with Crippen LogP contribution in [0.15, 0.2) is 24.3 Å². The van der Waals surface area contributed by atoms with Gasteiger partial charge in [0.1, 0.15) is 12.0 Å². The molecular weight excluding hydrogens is 301 g/mol. The van der Waals surface area contributed by atoms with Gasteiger partial charge in [0.15, 0.2) is 0 Å². The second-order valence-electron chi connectivity index (χ2n) is 3.97. The monoisotopic (exact) mass is 317 g/mol. The van der Waals surface area contributed by atoms with Crippen LogP contribution in [-0.4, -0.2) is 37.5 Å². The van der Waals surface area contributed by atoms with Gasteiger partial charge in [0.25, 0.3) is 0 Å². The third kappa shape index (κ3) is 5.95. The molecule has 21 heavy (non-hydrogen) atoms. The highest BCUT2D eigenvalue weighted by molar-refractivity contribution is 7.47. The first-order chi connectivity index (χ1) is 9.90. The average molecular weight is 317 g/mol. The summed E-state index contributed by atoms with van der Waals surface area (Å²) in [6.07, 6.45) is 0.141. The van der Waals surface area contributed by atoms with Crippen molar-refractivity contribution in [3.63, 3.8) is 0 Å². The van der Waals surface area contributed by atoms with Gasteiger partial charge >= 0.3 is 13.9 Å². The van der Waals surface area contributed by atoms with E-state index in [0.29, 0.717) is 6.29 Å². The summed E-state index contributed by atoms with van der Waals surface area (Å²) in [5.74, 6) is 0.148. The third-order valence-electron chi connectivity index (χ3n) is 2.48. The third-order valence-corrected chi connectivity index (χ3v) is 3.39. The van der Waals surface area contributed by atoms with E-state index < -0.39 is 20.0 Å². The molecule has 0 heterocycles. The molecule has 0 aliphatic rings. The zero-order chi connectivity index (χ0) is 15.9. The summed E-state index contributed by atoms with van der Waals surface area (Å²) in [7, 11) is -1.84. The molecule has 2 atom stereocenters. The number of carbonyl (C=O) groups excluding carboxylic acids is 2. The van der Waals surface area contributed by atoms with Gasteiger partial charge in [0.05, 0.1) is 13.2 Å². The van der Waals surface area contributed by atoms with E-state index in [-0.39, 0.29) is 12.2 Å². The van der Waals surface area contributed by atoms with Crippen molar-refractivity contribution >= 4 is 20.2 Å². The van der Waals surface area contributed by atoms with Crippen LogP contribution < -0.4 is 9.84 Å². The van der Waals surface area contributed by atoms with E-state index in [1.807, 2.05) is 0 Å². The summed E-state index contributed by atoms with van der Waals surface area (Å²) in [5, 5.41) is 2.36. The van der Waals surface area contributed by atoms with Crippen molar-refractivity contribution in [2.24, 2.45) is 0 Å². The molecule has 0 aliphatic carbocycles. The first-order valence-corrected chi connectivity index (χ1v) is 7.36. The molecule has 1 rings (SSSR count). The van der Waals surface area contributed by atoms with Crippen LogP contribution >= 0.6 is 7.82 Å². The van der Waals surface area contributed by atoms with Crippen molar-refractivity contribution < 1.29 is 32.8 Å². The standard InChI is InChI=1S/C12H16NO7P/c1-18-12(15)13-10(8-14)7-9-3-5-11(6-4-9)20-21(16,17)19-2/h3-6,8,10H,7H2,1-2H3,(H,13,15)(H,16,17)/t10-/m0/s1. The molecule has 1 amide bonds. The van der Waals surface area contributed by atoms with Gasteiger partial charge in [0.2, 0.25) is 0 Å². The summed E-state index contributed by atoms with van der Waals surface area (Å²) >= 11 is 0. The Labute approximate surface area is 121 Å². The van der Waals surface area contributed by atoms with E-state index in [0.717, 1.165) is 12.7 Å². The van der Waals surface area contributed by atoms with Gasteiger partial charge in [-0.2, -0.15) is 0 Å². The Hall–Kier alpha value is -1.89. The van der Waals surface area contributed by atoms with Gasteiger partial charge in [-0.3, -0.25) is 9.42 Å². The molecule has 8 nitrogen and oxygen atoms in total. The maximum Gasteiger partial charge on any atom is 0.527 e. The molecule has 1 aromatic rings. The van der Waals surface area contributed by atoms with Crippen molar-refractivity contribution in [1.82, 2.24) is 5.32 Å². The summed E-state index contributed by atoms with van der Waals surface area (Å²) < 4.78 is 24.7. The summed E-state index contributed by atoms with van der Waals surface area (Å²) in [5.41, 5.74) is 0.723. The molecule has 0 saturated carbocycles. The smallest absolute Gasteiger partial charge is 0.453 e. The summed E-state index contributed by atoms with van der Waals surface area (Å²) in [6, 6.07) is 5.38. The van der Waals surface area contributed by atoms with Crippen LogP contribution in [-0.2, 0) is 25.0 Å². The number of aldehydes is 1. The largest absolute Gasteiger partial charge is 0.527 e. The van der Waals surface area contributed by atoms with E-state index in [2.05, 4.69) is 14.6 Å². The molecule has 1 unspecified atom stereocenters. The molecular formula is C12H16NO7P. The first kappa shape index (κ1) is 17.2. The Balaban J connectivity index is 2.67. The predicted octanol–water partition coefficient (Wildman–Crippen LogP) is 1.28. The molecule has 1 aromatic carbocycles. The van der Waals surface area contributed by atoms with Gasteiger partial charge in [-0.15, -0.1) is 0 Å². The fourth-order valence-electron chi connectivity index (χ4n) is 1.45. The van der Waals surface area contributed by atoms with E-state index >= 15 is 0 Å². The number of benzene rings is 1. The topological polar surface area (TPSA) is 111 Å². The number of hydrogen-bond donors (Lipinski definition) is 2. The highest BCUT2D eigenvalue weighted by Crippen LogP contribution is 2.42. The lowest BCUT2D eigenvalue weighted by Gasteiger charge is -2.13. The maximum absolute atomic E-state index is 11.2. The number of amides is 1. The Morgan fingerprint density at radius 2 is 2.00 bits per heavy atom. The maximum atomic E-state index is 11.2. The van der Waals surface area contributed by atoms with Gasteiger partial charge in [-0.25, -0.2) is 9.36 Å². The highest BCUT2D eigenvalue weighted by atomic mass is 31.2. The molecule has 0 aromatic heterocycles. The molecule has 0 bridgehead atoms. The van der Waals surface area contributed by atoms with Crippen LogP contribution in [0.4, 0.5) is 4.79 Å². The van der Waals surface area contributed by atoms with Crippen LogP contribution in [0.5, 0.6) is 5.75 Å². The number of phosphoric acid groups is 1. The van der Waals surface area contributed by atoms with Gasteiger partial charge in [-0.1, -0.05) is 12.1 Å². The van der Waals surface area contributed by atoms with Crippen molar-refractivity contribution in [2.75, 3.05) is 14.2 Å². The number of phosphoric ester groups is 1. The molecule has 0 radical (unpaired) electrons. The Kier molecular flexibility index (Phi) is 6.36. The number of nitrogens with one attached hydrogen (secondary N) is 1. The first-order valence-electron chi connectivity index (χ1n) is 5.87. The molecule has 116 valence electrons. The number of alkyl carbamates (subject to hydrolysis) is 1. The van der Waals surface area contributed by atoms with Crippen LogP contribution in [0, 0.1) is 0 Å². The Bertz CT molecular complexity index is 531. The lowest BCUT2D eigenvalue weighted by atomic mass is 10.1. The van der Waals surface area contributed by atoms with Crippen LogP contribution in [0.3, 0.4) is 0 Å². The van der Waals surface area contributed by atoms with E-state index in [1.54, 1.807) is 12.1 Å². The predicted molar refractivity (Wildman–Crippen MR) is 73.0 cm³/mol. The van der Waals surface area contributed by atoms with Crippen LogP contribution in [0.1, 0.15) is 5.56 Å². The fourth-order valence-corrected chi connectivity index (χ4v) is 1.92. The Morgan fingerprint density at radius 1 is 1.38 bits per heavy atom. The number of rotatable bonds is 7. The van der Waals surface area contributed by atoms with Crippen molar-refractivity contribution in [3.8, 4) is 5.75 Å². The molecule has 9 heteroatoms. The van der Waals surface area contributed by atoms with Gasteiger partial charge < -0.3 is 19.4 Å². The van der Waals surface area contributed by atoms with Crippen molar-refractivity contribution in [1.29, 1.82) is 0 Å². The number of hydrogen-bond acceptors (Lipinski definition) is 6. The van der Waals surface area contributed by atoms with E-state index in [4.69, 9.17) is 9.42 Å². The van der Waals surface area contributed by atoms with Crippen molar-refractivity contribution in [3.05, 3.63) is 29.8 Å². The lowest BCUT2D eigenvalue weighted by molar-refractivity contribution is -0.109. The zero-order valence-corrected chi connectivity index (χ0v) is 12.4. The lowest BCUT2D eigenvalue weighted by Crippen LogP contribution is -2.37. The average Bonchev–Trinajstić information content (AvgIpc) is 2.48. The zero-order valence-electron chi connectivity index (χ0n) is 11.5. The van der Waals surface area contributed by atoms with Crippen LogP contribution in [0.25, 0.3) is 0 Å². The second kappa shape index (κ2) is 7.78. The number of ether oxygens (including phenoxy) is 1. The molecule has 0 aliphatic heterocycles. The molecule has 0 fully saturated rings. The number of carbonyl (C=O) groups is 2. The fraction of sp³-hybridized carbons (Fsp3) is 0.333. The van der Waals surface area contributed by atoms with Crippen LogP contribution in [0.2, 0.25) is 0 Å². The summed E-state index contributed by atoms with van der Waals surface area (Å²) in [6.45, 7) is 0. The van der Waals surface area contributed by atoms with Gasteiger partial charge in [-0.05, 0) is 24.1 Å². The molecule has 0 saturated heterocycles. The minimum absolute atomic E-state index is 0.148. The SMILES string of the molecule is COC(=O)N[C@H](C=O)Cc1ccc(OP(=O)(O)OC)cc1. The minimum atomic E-state index is -4.10. The van der Waals surface area contributed by atoms with Gasteiger partial charge in [0, 0.05) is 7.11 Å². The minimum Gasteiger partial charge on any atom is -0.453 e. The van der Waals surface area contributed by atoms with E-state index in [9.17, 15) is 14.2 Å².